The van der Waals surface area contributed by atoms with Gasteiger partial charge in [-0.1, -0.05) is 0 Å². The lowest BCUT2D eigenvalue weighted by atomic mass is 9.39. The Hall–Kier alpha value is -2.60. The summed E-state index contributed by atoms with van der Waals surface area (Å²) in [5.74, 6) is -0.182. The Balaban J connectivity index is 1.07. The van der Waals surface area contributed by atoms with Gasteiger partial charge in [-0.05, 0) is 25.3 Å². The molecule has 2 heterocycles. The standard InChI is InChI=1S/C19H18F4N4O4/c20-11-1-10(4-24-5-11)15-26-27-16(30-15)17-7-18(8-17,9-17)25-14(28)6-29-12-2-13(3-12)31-19(21,22)23/h1,4-5,12-13H,2-3,6-9H2,(H,25,28)/t12-,13+,17?,18?. The van der Waals surface area contributed by atoms with Gasteiger partial charge in [-0.3, -0.25) is 14.5 Å². The zero-order valence-electron chi connectivity index (χ0n) is 16.1. The number of carbonyl (C=O) groups is 1. The number of ether oxygens (including phenoxy) is 2. The fraction of sp³-hybridized carbons (Fsp3) is 0.579. The van der Waals surface area contributed by atoms with Crippen molar-refractivity contribution in [3.63, 3.8) is 0 Å². The van der Waals surface area contributed by atoms with Crippen molar-refractivity contribution < 1.29 is 36.2 Å². The molecule has 8 nitrogen and oxygen atoms in total. The topological polar surface area (TPSA) is 99.4 Å². The average molecular weight is 442 g/mol. The van der Waals surface area contributed by atoms with Crippen LogP contribution in [-0.2, 0) is 19.7 Å². The van der Waals surface area contributed by atoms with Gasteiger partial charge >= 0.3 is 6.36 Å². The number of hydrogen-bond acceptors (Lipinski definition) is 7. The molecule has 6 rings (SSSR count). The third kappa shape index (κ3) is 3.89. The van der Waals surface area contributed by atoms with Gasteiger partial charge in [0.2, 0.25) is 17.7 Å². The van der Waals surface area contributed by atoms with Crippen LogP contribution in [0.2, 0.25) is 0 Å². The third-order valence-electron chi connectivity index (χ3n) is 6.07. The average Bonchev–Trinajstić information content (AvgIpc) is 3.07. The number of alkyl halides is 3. The van der Waals surface area contributed by atoms with Gasteiger partial charge < -0.3 is 14.5 Å². The molecule has 1 N–H and O–H groups in total. The third-order valence-corrected chi connectivity index (χ3v) is 6.07. The first-order valence-corrected chi connectivity index (χ1v) is 9.76. The molecule has 4 saturated carbocycles. The summed E-state index contributed by atoms with van der Waals surface area (Å²) in [5, 5.41) is 11.0. The highest BCUT2D eigenvalue weighted by molar-refractivity contribution is 5.79. The predicted octanol–water partition coefficient (Wildman–Crippen LogP) is 2.65. The molecule has 31 heavy (non-hydrogen) atoms. The summed E-state index contributed by atoms with van der Waals surface area (Å²) >= 11 is 0. The minimum absolute atomic E-state index is 0.112. The number of halogens is 4. The lowest BCUT2D eigenvalue weighted by Crippen LogP contribution is -2.77. The van der Waals surface area contributed by atoms with Crippen molar-refractivity contribution in [3.05, 3.63) is 30.2 Å². The van der Waals surface area contributed by atoms with Gasteiger partial charge in [0.05, 0.1) is 29.4 Å². The fourth-order valence-corrected chi connectivity index (χ4v) is 4.69. The number of aromatic nitrogens is 3. The van der Waals surface area contributed by atoms with Crippen LogP contribution in [0.1, 0.15) is 38.0 Å². The minimum Gasteiger partial charge on any atom is -0.420 e. The molecule has 4 aliphatic rings. The maximum atomic E-state index is 13.3. The van der Waals surface area contributed by atoms with Crippen LogP contribution in [0.4, 0.5) is 17.6 Å². The van der Waals surface area contributed by atoms with Gasteiger partial charge in [-0.15, -0.1) is 23.4 Å². The van der Waals surface area contributed by atoms with E-state index in [1.54, 1.807) is 0 Å². The molecule has 0 spiro atoms. The number of nitrogens with one attached hydrogen (secondary N) is 1. The van der Waals surface area contributed by atoms with Crippen molar-refractivity contribution in [2.75, 3.05) is 6.61 Å². The van der Waals surface area contributed by atoms with Crippen LogP contribution >= 0.6 is 0 Å². The van der Waals surface area contributed by atoms with E-state index in [4.69, 9.17) is 9.15 Å². The van der Waals surface area contributed by atoms with E-state index in [9.17, 15) is 22.4 Å². The Labute approximate surface area is 173 Å². The summed E-state index contributed by atoms with van der Waals surface area (Å²) in [4.78, 5) is 15.9. The molecule has 0 saturated heterocycles. The molecular weight excluding hydrogens is 424 g/mol. The summed E-state index contributed by atoms with van der Waals surface area (Å²) in [6.07, 6.45) is -1.32. The van der Waals surface area contributed by atoms with Gasteiger partial charge in [-0.2, -0.15) is 0 Å². The molecule has 2 aromatic heterocycles. The number of carbonyl (C=O) groups excluding carboxylic acids is 1. The van der Waals surface area contributed by atoms with Crippen molar-refractivity contribution in [2.45, 2.75) is 61.6 Å². The molecule has 1 amide bonds. The molecule has 12 heteroatoms. The zero-order valence-corrected chi connectivity index (χ0v) is 16.1. The first kappa shape index (κ1) is 20.3. The van der Waals surface area contributed by atoms with E-state index in [0.29, 0.717) is 30.7 Å². The van der Waals surface area contributed by atoms with Crippen molar-refractivity contribution in [1.29, 1.82) is 0 Å². The Morgan fingerprint density at radius 3 is 2.61 bits per heavy atom. The minimum atomic E-state index is -4.65. The van der Waals surface area contributed by atoms with E-state index in [0.717, 1.165) is 6.20 Å². The molecule has 0 atom stereocenters. The Morgan fingerprint density at radius 1 is 1.19 bits per heavy atom. The molecule has 4 fully saturated rings. The van der Waals surface area contributed by atoms with Crippen LogP contribution in [0, 0.1) is 5.82 Å². The van der Waals surface area contributed by atoms with E-state index in [1.807, 2.05) is 0 Å². The Bertz CT molecular complexity index is 985. The van der Waals surface area contributed by atoms with Crippen LogP contribution < -0.4 is 5.32 Å². The van der Waals surface area contributed by atoms with Gasteiger partial charge in [0.15, 0.2) is 0 Å². The van der Waals surface area contributed by atoms with Crippen molar-refractivity contribution in [1.82, 2.24) is 20.5 Å². The largest absolute Gasteiger partial charge is 0.522 e. The highest BCUT2D eigenvalue weighted by Gasteiger charge is 2.71. The smallest absolute Gasteiger partial charge is 0.420 e. The molecular formula is C19H18F4N4O4. The van der Waals surface area contributed by atoms with Crippen LogP contribution in [0.25, 0.3) is 11.5 Å². The van der Waals surface area contributed by atoms with E-state index >= 15 is 0 Å². The Morgan fingerprint density at radius 2 is 1.94 bits per heavy atom. The number of pyridine rings is 1. The van der Waals surface area contributed by atoms with Crippen LogP contribution in [0.5, 0.6) is 0 Å². The van der Waals surface area contributed by atoms with Crippen LogP contribution in [0.3, 0.4) is 0 Å². The van der Waals surface area contributed by atoms with Crippen molar-refractivity contribution >= 4 is 5.91 Å². The van der Waals surface area contributed by atoms with Crippen molar-refractivity contribution in [3.8, 4) is 11.5 Å². The zero-order chi connectivity index (χ0) is 21.9. The number of hydrogen-bond donors (Lipinski definition) is 1. The highest BCUT2D eigenvalue weighted by atomic mass is 19.4. The summed E-state index contributed by atoms with van der Waals surface area (Å²) < 4.78 is 64.6. The first-order chi connectivity index (χ1) is 14.6. The summed E-state index contributed by atoms with van der Waals surface area (Å²) in [6, 6.07) is 1.26. The predicted molar refractivity (Wildman–Crippen MR) is 93.8 cm³/mol. The summed E-state index contributed by atoms with van der Waals surface area (Å²) in [6.45, 7) is -0.213. The maximum Gasteiger partial charge on any atom is 0.522 e. The first-order valence-electron chi connectivity index (χ1n) is 9.76. The van der Waals surface area contributed by atoms with E-state index < -0.39 is 24.4 Å². The molecule has 0 aliphatic heterocycles. The lowest BCUT2D eigenvalue weighted by molar-refractivity contribution is -0.357. The highest BCUT2D eigenvalue weighted by Crippen LogP contribution is 2.67. The van der Waals surface area contributed by atoms with Gasteiger partial charge in [0, 0.05) is 24.6 Å². The number of rotatable bonds is 7. The normalized spacial score (nSPS) is 31.4. The SMILES string of the molecule is O=C(CO[C@H]1C[C@@H](OC(F)(F)F)C1)NC12CC(c3nnc(-c4cncc(F)c4)o3)(C1)C2. The monoisotopic (exact) mass is 442 g/mol. The molecule has 0 aromatic carbocycles. The molecule has 166 valence electrons. The van der Waals surface area contributed by atoms with Gasteiger partial charge in [-0.25, -0.2) is 4.39 Å². The second kappa shape index (κ2) is 6.95. The Kier molecular flexibility index (Phi) is 4.56. The molecule has 0 unspecified atom stereocenters. The second-order valence-corrected chi connectivity index (χ2v) is 8.53. The molecule has 2 bridgehead atoms. The van der Waals surface area contributed by atoms with Gasteiger partial charge in [0.1, 0.15) is 12.4 Å². The van der Waals surface area contributed by atoms with E-state index in [2.05, 4.69) is 25.2 Å². The summed E-state index contributed by atoms with van der Waals surface area (Å²) in [5.41, 5.74) is -0.253. The molecule has 2 aromatic rings. The number of nitrogens with zero attached hydrogens (tertiary/aromatic N) is 3. The summed E-state index contributed by atoms with van der Waals surface area (Å²) in [7, 11) is 0. The van der Waals surface area contributed by atoms with Gasteiger partial charge in [0.25, 0.3) is 0 Å². The van der Waals surface area contributed by atoms with Crippen molar-refractivity contribution in [2.24, 2.45) is 0 Å². The number of amides is 1. The van der Waals surface area contributed by atoms with Crippen LogP contribution in [-0.4, -0.2) is 51.8 Å². The lowest BCUT2D eigenvalue weighted by Gasteiger charge is -2.68. The quantitative estimate of drug-likeness (QED) is 0.658. The maximum absolute atomic E-state index is 13.3. The second-order valence-electron chi connectivity index (χ2n) is 8.53. The molecule has 4 aliphatic carbocycles. The molecule has 0 radical (unpaired) electrons. The van der Waals surface area contributed by atoms with E-state index in [-0.39, 0.29) is 42.2 Å². The fourth-order valence-electron chi connectivity index (χ4n) is 4.69. The van der Waals surface area contributed by atoms with Crippen LogP contribution in [0.15, 0.2) is 22.9 Å². The van der Waals surface area contributed by atoms with E-state index in [1.165, 1.54) is 12.3 Å².